The van der Waals surface area contributed by atoms with Crippen molar-refractivity contribution in [3.8, 4) is 28.6 Å². The van der Waals surface area contributed by atoms with E-state index in [2.05, 4.69) is 4.98 Å². The molecular weight excluding hydrogens is 731 g/mol. The fraction of sp³-hybridized carbons (Fsp3) is 0.410. The van der Waals surface area contributed by atoms with E-state index in [9.17, 15) is 21.6 Å². The molecule has 0 atom stereocenters. The first-order valence-electron chi connectivity index (χ1n) is 18.5. The minimum absolute atomic E-state index is 0.0614. The molecule has 5 aromatic rings. The third-order valence-electron chi connectivity index (χ3n) is 9.36. The highest BCUT2D eigenvalue weighted by Gasteiger charge is 2.38. The number of nitrogens with zero attached hydrogens (tertiary/aromatic N) is 4. The van der Waals surface area contributed by atoms with Gasteiger partial charge >= 0.3 is 0 Å². The summed E-state index contributed by atoms with van der Waals surface area (Å²) in [6, 6.07) is 15.5. The van der Waals surface area contributed by atoms with Gasteiger partial charge in [0.2, 0.25) is 0 Å². The number of nitrogens with one attached hydrogen (secondary N) is 1. The minimum Gasteiger partial charge on any atom is -0.494 e. The van der Waals surface area contributed by atoms with E-state index < -0.39 is 25.6 Å². The molecule has 54 heavy (non-hydrogen) atoms. The van der Waals surface area contributed by atoms with Gasteiger partial charge in [0.25, 0.3) is 25.6 Å². The Hall–Kier alpha value is -4.89. The molecule has 3 aromatic carbocycles. The van der Waals surface area contributed by atoms with Crippen molar-refractivity contribution in [2.75, 3.05) is 23.5 Å². The van der Waals surface area contributed by atoms with Crippen LogP contribution in [-0.4, -0.2) is 56.2 Å². The molecule has 2 heterocycles. The number of H-pyrrole nitrogens is 1. The summed E-state index contributed by atoms with van der Waals surface area (Å²) in [6.45, 7) is 8.75. The molecule has 1 saturated carbocycles. The zero-order chi connectivity index (χ0) is 38.5. The van der Waals surface area contributed by atoms with Crippen LogP contribution in [-0.2, 0) is 20.0 Å². The second-order valence-electron chi connectivity index (χ2n) is 13.3. The summed E-state index contributed by atoms with van der Waals surface area (Å²) < 4.78 is 77.8. The molecule has 0 unspecified atom stereocenters. The number of ether oxygens (including phenoxy) is 3. The van der Waals surface area contributed by atoms with Crippen molar-refractivity contribution >= 4 is 31.3 Å². The number of rotatable bonds is 17. The lowest BCUT2D eigenvalue weighted by atomic mass is 10.1. The third kappa shape index (κ3) is 7.97. The Bertz CT molecular complexity index is 2270. The normalized spacial score (nSPS) is 13.7. The molecule has 0 amide bonds. The summed E-state index contributed by atoms with van der Waals surface area (Å²) in [5, 5.41) is 4.81. The van der Waals surface area contributed by atoms with Crippen molar-refractivity contribution in [2.24, 2.45) is 0 Å². The Balaban J connectivity index is 1.50. The number of aryl methyl sites for hydroxylation is 1. The van der Waals surface area contributed by atoms with E-state index >= 15 is 0 Å². The van der Waals surface area contributed by atoms with E-state index in [1.807, 2.05) is 13.8 Å². The number of sulfonamides is 2. The molecule has 0 radical (unpaired) electrons. The summed E-state index contributed by atoms with van der Waals surface area (Å²) in [7, 11) is -9.60. The summed E-state index contributed by atoms with van der Waals surface area (Å²) in [5.41, 5.74) is 0.378. The van der Waals surface area contributed by atoms with Crippen LogP contribution in [0, 0.1) is 6.92 Å². The fourth-order valence-electron chi connectivity index (χ4n) is 6.54. The van der Waals surface area contributed by atoms with Gasteiger partial charge in [0.15, 0.2) is 11.3 Å². The molecule has 0 saturated heterocycles. The van der Waals surface area contributed by atoms with Crippen molar-refractivity contribution in [3.63, 3.8) is 0 Å². The minimum atomic E-state index is -4.80. The monoisotopic (exact) mass is 777 g/mol. The molecule has 288 valence electrons. The smallest absolute Gasteiger partial charge is 0.277 e. The standard InChI is InChI=1S/C39H47N5O8S2/c1-5-8-24-51-30-15-19-32(20-16-30)53(46,47)44(54(48,49)33-21-17-31(18-22-33)52-25-9-6-2)29-14-23-35(50-7-3)34(26-29)37-41-39(45)36-27(4)40-38(43(36)42-37)28-12-10-11-13-28/h14-23,26,28H,5-13,24-25H2,1-4H3,(H,41,42,45). The molecule has 13 nitrogen and oxygen atoms in total. The highest BCUT2D eigenvalue weighted by atomic mass is 32.3. The molecule has 1 N–H and O–H groups in total. The molecule has 6 rings (SSSR count). The number of hydrogen-bond donors (Lipinski definition) is 1. The van der Waals surface area contributed by atoms with Crippen LogP contribution in [0.25, 0.3) is 16.9 Å². The number of aromatic amines is 1. The molecule has 1 aliphatic rings. The number of hydrogen-bond acceptors (Lipinski definition) is 10. The van der Waals surface area contributed by atoms with Crippen molar-refractivity contribution in [1.82, 2.24) is 19.6 Å². The predicted octanol–water partition coefficient (Wildman–Crippen LogP) is 7.39. The molecular formula is C39H47N5O8S2. The summed E-state index contributed by atoms with van der Waals surface area (Å²) >= 11 is 0. The van der Waals surface area contributed by atoms with Gasteiger partial charge < -0.3 is 19.2 Å². The molecule has 1 aliphatic carbocycles. The summed E-state index contributed by atoms with van der Waals surface area (Å²) in [5.74, 6) is 2.04. The zero-order valence-corrected chi connectivity index (χ0v) is 32.7. The van der Waals surface area contributed by atoms with Gasteiger partial charge in [-0.2, -0.15) is 3.71 Å². The van der Waals surface area contributed by atoms with Crippen LogP contribution in [0.1, 0.15) is 89.6 Å². The fourth-order valence-corrected chi connectivity index (χ4v) is 10.2. The van der Waals surface area contributed by atoms with Gasteiger partial charge in [-0.05, 0) is 106 Å². The van der Waals surface area contributed by atoms with Crippen molar-refractivity contribution in [3.05, 3.63) is 88.6 Å². The van der Waals surface area contributed by atoms with Crippen molar-refractivity contribution in [2.45, 2.75) is 94.8 Å². The zero-order valence-electron chi connectivity index (χ0n) is 31.1. The number of anilines is 1. The average Bonchev–Trinajstić information content (AvgIpc) is 3.81. The van der Waals surface area contributed by atoms with Gasteiger partial charge in [-0.1, -0.05) is 39.5 Å². The topological polar surface area (TPSA) is 162 Å². The van der Waals surface area contributed by atoms with Crippen LogP contribution in [0.4, 0.5) is 5.69 Å². The van der Waals surface area contributed by atoms with Gasteiger partial charge in [0.1, 0.15) is 23.1 Å². The molecule has 1 fully saturated rings. The van der Waals surface area contributed by atoms with Crippen LogP contribution in [0.3, 0.4) is 0 Å². The first-order chi connectivity index (χ1) is 26.0. The Morgan fingerprint density at radius 2 is 1.35 bits per heavy atom. The van der Waals surface area contributed by atoms with E-state index in [1.165, 1.54) is 66.7 Å². The first kappa shape index (κ1) is 38.8. The van der Waals surface area contributed by atoms with E-state index in [0.29, 0.717) is 45.5 Å². The lowest BCUT2D eigenvalue weighted by Gasteiger charge is -2.25. The van der Waals surface area contributed by atoms with Crippen LogP contribution < -0.4 is 23.5 Å². The van der Waals surface area contributed by atoms with Crippen LogP contribution >= 0.6 is 0 Å². The number of unbranched alkanes of at least 4 members (excludes halogenated alkanes) is 2. The van der Waals surface area contributed by atoms with Crippen LogP contribution in [0.2, 0.25) is 0 Å². The van der Waals surface area contributed by atoms with Gasteiger partial charge in [-0.3, -0.25) is 4.79 Å². The van der Waals surface area contributed by atoms with Crippen molar-refractivity contribution < 1.29 is 31.0 Å². The quantitative estimate of drug-likeness (QED) is 0.0943. The highest BCUT2D eigenvalue weighted by Crippen LogP contribution is 2.38. The molecule has 2 aromatic heterocycles. The highest BCUT2D eigenvalue weighted by molar-refractivity contribution is 8.10. The SMILES string of the molecule is CCCCOc1ccc(S(=O)(=O)N(c2ccc(OCC)c(-c3nn4c(C5CCCC5)nc(C)c4c(=O)[nH]3)c2)S(=O)(=O)c2ccc(OCCCC)cc2)cc1. The lowest BCUT2D eigenvalue weighted by molar-refractivity contribution is 0.309. The van der Waals surface area contributed by atoms with Gasteiger partial charge in [-0.25, -0.2) is 26.3 Å². The first-order valence-corrected chi connectivity index (χ1v) is 21.4. The van der Waals surface area contributed by atoms with Crippen molar-refractivity contribution in [1.29, 1.82) is 0 Å². The Morgan fingerprint density at radius 1 is 0.796 bits per heavy atom. The number of fused-ring (bicyclic) bond motifs is 1. The maximum atomic E-state index is 14.6. The second kappa shape index (κ2) is 16.6. The molecule has 15 heteroatoms. The van der Waals surface area contributed by atoms with E-state index in [1.54, 1.807) is 18.4 Å². The maximum Gasteiger partial charge on any atom is 0.277 e. The van der Waals surface area contributed by atoms with E-state index in [-0.39, 0.29) is 45.1 Å². The predicted molar refractivity (Wildman–Crippen MR) is 207 cm³/mol. The number of aromatic nitrogens is 4. The Kier molecular flexibility index (Phi) is 12.0. The lowest BCUT2D eigenvalue weighted by Crippen LogP contribution is -2.37. The largest absolute Gasteiger partial charge is 0.494 e. The maximum absolute atomic E-state index is 14.6. The number of imidazole rings is 1. The van der Waals surface area contributed by atoms with Crippen LogP contribution in [0.15, 0.2) is 81.3 Å². The van der Waals surface area contributed by atoms with E-state index in [4.69, 9.17) is 24.3 Å². The third-order valence-corrected chi connectivity index (χ3v) is 13.6. The molecule has 0 aliphatic heterocycles. The summed E-state index contributed by atoms with van der Waals surface area (Å²) in [4.78, 5) is 20.6. The van der Waals surface area contributed by atoms with Gasteiger partial charge in [0.05, 0.1) is 46.6 Å². The van der Waals surface area contributed by atoms with E-state index in [0.717, 1.165) is 51.4 Å². The molecule has 0 spiro atoms. The molecule has 0 bridgehead atoms. The van der Waals surface area contributed by atoms with Crippen LogP contribution in [0.5, 0.6) is 17.2 Å². The Morgan fingerprint density at radius 3 is 1.87 bits per heavy atom. The average molecular weight is 778 g/mol. The Labute approximate surface area is 316 Å². The summed E-state index contributed by atoms with van der Waals surface area (Å²) in [6.07, 6.45) is 7.44. The number of benzene rings is 3. The van der Waals surface area contributed by atoms with Gasteiger partial charge in [0, 0.05) is 5.92 Å². The second-order valence-corrected chi connectivity index (χ2v) is 17.1. The van der Waals surface area contributed by atoms with Gasteiger partial charge in [-0.15, -0.1) is 5.10 Å².